The number of aliphatic carboxylic acids is 1. The Balaban J connectivity index is 2.35. The largest absolute Gasteiger partial charge is 0.494 e. The summed E-state index contributed by atoms with van der Waals surface area (Å²) in [5.41, 5.74) is 0. The molecule has 1 N–H and O–H groups in total. The molecule has 0 aliphatic carbocycles. The van der Waals surface area contributed by atoms with Crippen molar-refractivity contribution in [1.29, 1.82) is 0 Å². The summed E-state index contributed by atoms with van der Waals surface area (Å²) in [6.07, 6.45) is 2.01. The molecule has 0 radical (unpaired) electrons. The van der Waals surface area contributed by atoms with Gasteiger partial charge in [-0.25, -0.2) is 8.42 Å². The van der Waals surface area contributed by atoms with Gasteiger partial charge in [0.15, 0.2) is 9.84 Å². The van der Waals surface area contributed by atoms with Gasteiger partial charge < -0.3 is 14.7 Å². The van der Waals surface area contributed by atoms with Crippen LogP contribution in [0.1, 0.15) is 12.8 Å². The predicted octanol–water partition coefficient (Wildman–Crippen LogP) is 1.27. The minimum absolute atomic E-state index is 0.119. The lowest BCUT2D eigenvalue weighted by Crippen LogP contribution is -2.24. The number of benzene rings is 1. The number of ether oxygens (including phenoxy) is 1. The van der Waals surface area contributed by atoms with E-state index in [-0.39, 0.29) is 11.3 Å². The summed E-state index contributed by atoms with van der Waals surface area (Å²) in [5, 5.41) is 8.57. The van der Waals surface area contributed by atoms with Gasteiger partial charge in [-0.05, 0) is 31.7 Å². The average molecular weight is 315 g/mol. The van der Waals surface area contributed by atoms with E-state index in [1.54, 1.807) is 12.1 Å². The number of sulfone groups is 1. The van der Waals surface area contributed by atoms with Gasteiger partial charge in [0.2, 0.25) is 0 Å². The summed E-state index contributed by atoms with van der Waals surface area (Å²) in [6.45, 7) is 1.67. The minimum Gasteiger partial charge on any atom is -0.494 e. The molecule has 0 heterocycles. The highest BCUT2D eigenvalue weighted by Crippen LogP contribution is 2.17. The first-order valence-corrected chi connectivity index (χ1v) is 8.51. The molecule has 0 atom stereocenters. The smallest absolute Gasteiger partial charge is 0.304 e. The predicted molar refractivity (Wildman–Crippen MR) is 79.4 cm³/mol. The van der Waals surface area contributed by atoms with E-state index in [1.807, 2.05) is 11.9 Å². The molecule has 0 aromatic heterocycles. The monoisotopic (exact) mass is 315 g/mol. The number of hydrogen-bond donors (Lipinski definition) is 1. The third-order valence-electron chi connectivity index (χ3n) is 2.89. The van der Waals surface area contributed by atoms with E-state index >= 15 is 0 Å². The molecular weight excluding hydrogens is 294 g/mol. The highest BCUT2D eigenvalue weighted by molar-refractivity contribution is 7.90. The van der Waals surface area contributed by atoms with Gasteiger partial charge in [0.1, 0.15) is 5.75 Å². The van der Waals surface area contributed by atoms with Gasteiger partial charge in [-0.3, -0.25) is 4.79 Å². The van der Waals surface area contributed by atoms with Crippen LogP contribution in [0.3, 0.4) is 0 Å². The zero-order chi connectivity index (χ0) is 15.9. The summed E-state index contributed by atoms with van der Waals surface area (Å²) in [5.74, 6) is -0.290. The molecule has 0 bridgehead atoms. The maximum Gasteiger partial charge on any atom is 0.304 e. The van der Waals surface area contributed by atoms with Crippen LogP contribution in [0.2, 0.25) is 0 Å². The van der Waals surface area contributed by atoms with Gasteiger partial charge >= 0.3 is 5.97 Å². The molecule has 1 aromatic carbocycles. The number of carbonyl (C=O) groups is 1. The molecule has 0 aliphatic heterocycles. The van der Waals surface area contributed by atoms with Crippen molar-refractivity contribution in [2.45, 2.75) is 17.7 Å². The van der Waals surface area contributed by atoms with Crippen molar-refractivity contribution < 1.29 is 23.1 Å². The lowest BCUT2D eigenvalue weighted by molar-refractivity contribution is -0.137. The Bertz CT molecular complexity index is 570. The van der Waals surface area contributed by atoms with Crippen molar-refractivity contribution in [2.24, 2.45) is 0 Å². The summed E-state index contributed by atoms with van der Waals surface area (Å²) in [6, 6.07) is 6.39. The fourth-order valence-corrected chi connectivity index (χ4v) is 2.37. The Labute approximate surface area is 125 Å². The van der Waals surface area contributed by atoms with Crippen molar-refractivity contribution in [3.63, 3.8) is 0 Å². The van der Waals surface area contributed by atoms with Crippen LogP contribution >= 0.6 is 0 Å². The van der Waals surface area contributed by atoms with Crippen molar-refractivity contribution >= 4 is 15.8 Å². The van der Waals surface area contributed by atoms with Gasteiger partial charge in [0, 0.05) is 19.3 Å². The Morgan fingerprint density at radius 2 is 2.05 bits per heavy atom. The third-order valence-corrected chi connectivity index (χ3v) is 4.00. The maximum absolute atomic E-state index is 11.4. The topological polar surface area (TPSA) is 83.9 Å². The molecule has 0 saturated heterocycles. The van der Waals surface area contributed by atoms with Crippen molar-refractivity contribution in [1.82, 2.24) is 4.90 Å². The second-order valence-electron chi connectivity index (χ2n) is 4.90. The molecule has 0 fully saturated rings. The quantitative estimate of drug-likeness (QED) is 0.691. The molecule has 0 amide bonds. The van der Waals surface area contributed by atoms with Crippen molar-refractivity contribution in [2.75, 3.05) is 33.0 Å². The number of hydrogen-bond acceptors (Lipinski definition) is 5. The second kappa shape index (κ2) is 7.99. The van der Waals surface area contributed by atoms with Gasteiger partial charge in [-0.15, -0.1) is 0 Å². The summed E-state index contributed by atoms with van der Waals surface area (Å²) < 4.78 is 28.4. The fourth-order valence-electron chi connectivity index (χ4n) is 1.72. The normalized spacial score (nSPS) is 11.6. The van der Waals surface area contributed by atoms with E-state index in [4.69, 9.17) is 9.84 Å². The summed E-state index contributed by atoms with van der Waals surface area (Å²) in [7, 11) is -1.37. The number of nitrogens with zero attached hydrogens (tertiary/aromatic N) is 1. The standard InChI is InChI=1S/C14H21NO5S/c1-15(9-7-14(16)17)8-4-10-20-12-5-3-6-13(11-12)21(2,18)19/h3,5-6,11H,4,7-10H2,1-2H3,(H,16,17). The zero-order valence-corrected chi connectivity index (χ0v) is 13.1. The van der Waals surface area contributed by atoms with Crippen LogP contribution in [0.25, 0.3) is 0 Å². The fraction of sp³-hybridized carbons (Fsp3) is 0.500. The third kappa shape index (κ3) is 7.10. The van der Waals surface area contributed by atoms with E-state index in [0.717, 1.165) is 19.2 Å². The molecule has 0 unspecified atom stereocenters. The van der Waals surface area contributed by atoms with E-state index in [9.17, 15) is 13.2 Å². The highest BCUT2D eigenvalue weighted by Gasteiger charge is 2.08. The van der Waals surface area contributed by atoms with Gasteiger partial charge in [-0.1, -0.05) is 6.07 Å². The van der Waals surface area contributed by atoms with E-state index in [0.29, 0.717) is 18.9 Å². The Kier molecular flexibility index (Phi) is 6.64. The lowest BCUT2D eigenvalue weighted by Gasteiger charge is -2.15. The molecule has 0 spiro atoms. The highest BCUT2D eigenvalue weighted by atomic mass is 32.2. The molecule has 21 heavy (non-hydrogen) atoms. The first-order valence-electron chi connectivity index (χ1n) is 6.62. The van der Waals surface area contributed by atoms with Crippen molar-refractivity contribution in [3.8, 4) is 5.75 Å². The summed E-state index contributed by atoms with van der Waals surface area (Å²) >= 11 is 0. The zero-order valence-electron chi connectivity index (χ0n) is 12.3. The van der Waals surface area contributed by atoms with Crippen molar-refractivity contribution in [3.05, 3.63) is 24.3 Å². The molecule has 6 nitrogen and oxygen atoms in total. The average Bonchev–Trinajstić information content (AvgIpc) is 2.41. The molecule has 0 saturated carbocycles. The summed E-state index contributed by atoms with van der Waals surface area (Å²) in [4.78, 5) is 12.6. The van der Waals surface area contributed by atoms with Gasteiger partial charge in [0.05, 0.1) is 17.9 Å². The van der Waals surface area contributed by atoms with Crippen LogP contribution in [-0.2, 0) is 14.6 Å². The van der Waals surface area contributed by atoms with Crippen LogP contribution in [-0.4, -0.2) is 57.4 Å². The number of carboxylic acid groups (broad SMARTS) is 1. The van der Waals surface area contributed by atoms with Crippen LogP contribution in [0.4, 0.5) is 0 Å². The molecular formula is C14H21NO5S. The first kappa shape index (κ1) is 17.5. The van der Waals surface area contributed by atoms with Crippen LogP contribution in [0.5, 0.6) is 5.75 Å². The maximum atomic E-state index is 11.4. The Morgan fingerprint density at radius 3 is 2.67 bits per heavy atom. The van der Waals surface area contributed by atoms with Crippen LogP contribution in [0, 0.1) is 0 Å². The van der Waals surface area contributed by atoms with E-state index in [2.05, 4.69) is 0 Å². The van der Waals surface area contributed by atoms with Crippen LogP contribution < -0.4 is 4.74 Å². The van der Waals surface area contributed by atoms with Gasteiger partial charge in [0.25, 0.3) is 0 Å². The van der Waals surface area contributed by atoms with Crippen LogP contribution in [0.15, 0.2) is 29.2 Å². The second-order valence-corrected chi connectivity index (χ2v) is 6.91. The van der Waals surface area contributed by atoms with Gasteiger partial charge in [-0.2, -0.15) is 0 Å². The SMILES string of the molecule is CN(CCCOc1cccc(S(C)(=O)=O)c1)CCC(=O)O. The van der Waals surface area contributed by atoms with E-state index < -0.39 is 15.8 Å². The lowest BCUT2D eigenvalue weighted by atomic mass is 10.3. The molecule has 0 aliphatic rings. The first-order chi connectivity index (χ1) is 9.79. The molecule has 118 valence electrons. The number of rotatable bonds is 9. The molecule has 1 rings (SSSR count). The Morgan fingerprint density at radius 1 is 1.33 bits per heavy atom. The minimum atomic E-state index is -3.23. The molecule has 7 heteroatoms. The Hall–Kier alpha value is -1.60. The van der Waals surface area contributed by atoms with E-state index in [1.165, 1.54) is 12.1 Å². The molecule has 1 aromatic rings. The number of carboxylic acids is 1.